The van der Waals surface area contributed by atoms with Gasteiger partial charge in [-0.15, -0.1) is 0 Å². The molecule has 2 aliphatic rings. The summed E-state index contributed by atoms with van der Waals surface area (Å²) in [4.78, 5) is 57.2. The first-order valence-corrected chi connectivity index (χ1v) is 14.7. The number of amides is 3. The molecule has 1 aromatic heterocycles. The highest BCUT2D eigenvalue weighted by atomic mass is 16.6. The molecule has 1 saturated heterocycles. The van der Waals surface area contributed by atoms with Crippen molar-refractivity contribution < 1.29 is 19.3 Å². The first-order valence-electron chi connectivity index (χ1n) is 14.7. The Morgan fingerprint density at radius 3 is 2.51 bits per heavy atom. The Kier molecular flexibility index (Phi) is 8.10. The average molecular weight is 606 g/mol. The Morgan fingerprint density at radius 1 is 1.02 bits per heavy atom. The number of nitrogens with zero attached hydrogens (tertiary/aromatic N) is 3. The van der Waals surface area contributed by atoms with Gasteiger partial charge in [-0.1, -0.05) is 36.4 Å². The molecule has 0 saturated carbocycles. The van der Waals surface area contributed by atoms with E-state index in [9.17, 15) is 24.5 Å². The molecule has 0 aliphatic carbocycles. The molecule has 3 amide bonds. The van der Waals surface area contributed by atoms with Crippen LogP contribution in [0, 0.1) is 10.1 Å². The number of fused-ring (bicyclic) bond motifs is 1. The van der Waals surface area contributed by atoms with Crippen molar-refractivity contribution in [2.75, 3.05) is 29.0 Å². The summed E-state index contributed by atoms with van der Waals surface area (Å²) in [6.45, 7) is 2.84. The Morgan fingerprint density at radius 2 is 1.80 bits per heavy atom. The number of aromatic nitrogens is 2. The van der Waals surface area contributed by atoms with Gasteiger partial charge in [0.05, 0.1) is 21.9 Å². The Bertz CT molecular complexity index is 1830. The Labute approximate surface area is 258 Å². The second-order valence-electron chi connectivity index (χ2n) is 11.0. The van der Waals surface area contributed by atoms with E-state index in [1.165, 1.54) is 25.1 Å². The number of non-ortho nitro benzene ring substituents is 1. The molecule has 0 bridgehead atoms. The number of anilines is 3. The maximum atomic E-state index is 13.4. The van der Waals surface area contributed by atoms with Crippen molar-refractivity contribution in [3.63, 3.8) is 0 Å². The van der Waals surface area contributed by atoms with Crippen molar-refractivity contribution >= 4 is 52.0 Å². The van der Waals surface area contributed by atoms with E-state index in [4.69, 9.17) is 0 Å². The monoisotopic (exact) mass is 605 g/mol. The molecule has 2 aliphatic heterocycles. The fourth-order valence-electron chi connectivity index (χ4n) is 5.57. The number of nitro groups is 1. The van der Waals surface area contributed by atoms with E-state index < -0.39 is 4.92 Å². The van der Waals surface area contributed by atoms with Crippen molar-refractivity contribution in [3.8, 4) is 11.3 Å². The number of piperidine rings is 1. The Balaban J connectivity index is 1.32. The van der Waals surface area contributed by atoms with Crippen LogP contribution in [-0.4, -0.2) is 50.6 Å². The second kappa shape index (κ2) is 12.4. The molecule has 0 radical (unpaired) electrons. The van der Waals surface area contributed by atoms with Gasteiger partial charge in [0, 0.05) is 67.3 Å². The van der Waals surface area contributed by atoms with E-state index in [-0.39, 0.29) is 29.0 Å². The summed E-state index contributed by atoms with van der Waals surface area (Å²) in [5.41, 5.74) is 5.48. The SMILES string of the molecule is CC(=O)Nc1nc(-c2ccc(NC(=C3C(=O)Nc4ccc([N+](=O)[O-])cc43)c3ccc(CCN4CCCCC4=O)cc3)cc2)c[nH]1. The largest absolute Gasteiger partial charge is 0.354 e. The number of rotatable bonds is 9. The molecule has 12 nitrogen and oxygen atoms in total. The maximum Gasteiger partial charge on any atom is 0.270 e. The van der Waals surface area contributed by atoms with Crippen LogP contribution >= 0.6 is 0 Å². The summed E-state index contributed by atoms with van der Waals surface area (Å²) >= 11 is 0. The predicted octanol–water partition coefficient (Wildman–Crippen LogP) is 5.43. The van der Waals surface area contributed by atoms with E-state index in [2.05, 4.69) is 25.9 Å². The zero-order valence-electron chi connectivity index (χ0n) is 24.6. The number of carbonyl (C=O) groups is 3. The van der Waals surface area contributed by atoms with Crippen molar-refractivity contribution in [1.29, 1.82) is 0 Å². The predicted molar refractivity (Wildman–Crippen MR) is 171 cm³/mol. The van der Waals surface area contributed by atoms with Gasteiger partial charge in [-0.3, -0.25) is 29.8 Å². The van der Waals surface area contributed by atoms with Gasteiger partial charge in [-0.25, -0.2) is 4.98 Å². The third-order valence-corrected chi connectivity index (χ3v) is 7.87. The van der Waals surface area contributed by atoms with Crippen LogP contribution in [0.25, 0.3) is 22.5 Å². The summed E-state index contributed by atoms with van der Waals surface area (Å²) in [6, 6.07) is 19.5. The van der Waals surface area contributed by atoms with Crippen molar-refractivity contribution in [2.24, 2.45) is 0 Å². The molecule has 3 heterocycles. The molecular formula is C33H31N7O5. The number of nitro benzene ring substituents is 1. The van der Waals surface area contributed by atoms with E-state index in [0.717, 1.165) is 30.5 Å². The highest BCUT2D eigenvalue weighted by Gasteiger charge is 2.30. The van der Waals surface area contributed by atoms with Crippen LogP contribution in [0.4, 0.5) is 23.0 Å². The summed E-state index contributed by atoms with van der Waals surface area (Å²) in [5.74, 6) is -0.0680. The molecule has 3 aromatic carbocycles. The summed E-state index contributed by atoms with van der Waals surface area (Å²) in [7, 11) is 0. The number of hydrogen-bond acceptors (Lipinski definition) is 7. The van der Waals surface area contributed by atoms with Gasteiger partial charge in [0.2, 0.25) is 17.8 Å². The summed E-state index contributed by atoms with van der Waals surface area (Å²) < 4.78 is 0. The van der Waals surface area contributed by atoms with Gasteiger partial charge in [-0.05, 0) is 48.6 Å². The third kappa shape index (κ3) is 6.44. The number of hydrogen-bond donors (Lipinski definition) is 4. The normalized spacial score (nSPS) is 15.4. The molecule has 4 N–H and O–H groups in total. The highest BCUT2D eigenvalue weighted by molar-refractivity contribution is 6.37. The zero-order valence-corrected chi connectivity index (χ0v) is 24.6. The van der Waals surface area contributed by atoms with Crippen LogP contribution in [0.3, 0.4) is 0 Å². The molecule has 1 fully saturated rings. The minimum atomic E-state index is -0.485. The van der Waals surface area contributed by atoms with E-state index in [1.54, 1.807) is 6.20 Å². The van der Waals surface area contributed by atoms with Crippen LogP contribution in [0.1, 0.15) is 42.9 Å². The third-order valence-electron chi connectivity index (χ3n) is 7.87. The quantitative estimate of drug-likeness (QED) is 0.112. The van der Waals surface area contributed by atoms with Gasteiger partial charge < -0.3 is 20.5 Å². The fraction of sp³-hybridized carbons (Fsp3) is 0.212. The number of benzene rings is 3. The number of nitrogens with one attached hydrogen (secondary N) is 4. The molecule has 12 heteroatoms. The van der Waals surface area contributed by atoms with Crippen molar-refractivity contribution in [2.45, 2.75) is 32.6 Å². The lowest BCUT2D eigenvalue weighted by Gasteiger charge is -2.26. The van der Waals surface area contributed by atoms with Gasteiger partial charge in [0.25, 0.3) is 11.6 Å². The summed E-state index contributed by atoms with van der Waals surface area (Å²) in [6.07, 6.45) is 4.97. The van der Waals surface area contributed by atoms with Crippen molar-refractivity contribution in [1.82, 2.24) is 14.9 Å². The summed E-state index contributed by atoms with van der Waals surface area (Å²) in [5, 5.41) is 20.4. The first kappa shape index (κ1) is 29.3. The molecule has 45 heavy (non-hydrogen) atoms. The van der Waals surface area contributed by atoms with Gasteiger partial charge >= 0.3 is 0 Å². The topological polar surface area (TPSA) is 162 Å². The molecule has 6 rings (SSSR count). The molecule has 228 valence electrons. The van der Waals surface area contributed by atoms with Crippen LogP contribution in [-0.2, 0) is 20.8 Å². The number of imidazole rings is 1. The lowest BCUT2D eigenvalue weighted by molar-refractivity contribution is -0.384. The number of carbonyl (C=O) groups excluding carboxylic acids is 3. The minimum absolute atomic E-state index is 0.119. The van der Waals surface area contributed by atoms with Crippen LogP contribution in [0.15, 0.2) is 72.9 Å². The molecule has 0 spiro atoms. The number of H-pyrrole nitrogens is 1. The maximum absolute atomic E-state index is 13.4. The van der Waals surface area contributed by atoms with Crippen molar-refractivity contribution in [3.05, 3.63) is 99.7 Å². The fourth-order valence-corrected chi connectivity index (χ4v) is 5.57. The van der Waals surface area contributed by atoms with Crippen LogP contribution in [0.5, 0.6) is 0 Å². The number of likely N-dealkylation sites (tertiary alicyclic amines) is 1. The smallest absolute Gasteiger partial charge is 0.270 e. The van der Waals surface area contributed by atoms with Gasteiger partial charge in [0.1, 0.15) is 0 Å². The molecule has 0 unspecified atom stereocenters. The standard InChI is InChI=1S/C33H31N7O5/c1-20(41)35-33-34-19-28(38-33)22-9-11-24(12-10-22)36-31(30-26-18-25(40(44)45)13-14-27(26)37-32(30)43)23-7-5-21(6-8-23)15-17-39-16-3-2-4-29(39)42/h5-14,18-19,36H,2-4,15-17H2,1H3,(H,37,43)(H2,34,35,38,41). The Hall–Kier alpha value is -5.78. The van der Waals surface area contributed by atoms with Crippen LogP contribution < -0.4 is 16.0 Å². The molecule has 4 aromatic rings. The van der Waals surface area contributed by atoms with E-state index in [1.807, 2.05) is 53.4 Å². The number of aromatic amines is 1. The van der Waals surface area contributed by atoms with E-state index >= 15 is 0 Å². The van der Waals surface area contributed by atoms with Gasteiger partial charge in [0.15, 0.2) is 0 Å². The lowest BCUT2D eigenvalue weighted by Crippen LogP contribution is -2.36. The molecule has 0 atom stereocenters. The second-order valence-corrected chi connectivity index (χ2v) is 11.0. The van der Waals surface area contributed by atoms with Crippen LogP contribution in [0.2, 0.25) is 0 Å². The highest BCUT2D eigenvalue weighted by Crippen LogP contribution is 2.39. The van der Waals surface area contributed by atoms with E-state index in [0.29, 0.717) is 59.2 Å². The minimum Gasteiger partial charge on any atom is -0.354 e. The van der Waals surface area contributed by atoms with Gasteiger partial charge in [-0.2, -0.15) is 0 Å². The first-order chi connectivity index (χ1) is 21.7. The lowest BCUT2D eigenvalue weighted by atomic mass is 9.98. The average Bonchev–Trinajstić information content (AvgIpc) is 3.62. The molecular weight excluding hydrogens is 574 g/mol. The zero-order chi connectivity index (χ0) is 31.5.